The summed E-state index contributed by atoms with van der Waals surface area (Å²) in [5.41, 5.74) is 2.47. The van der Waals surface area contributed by atoms with Crippen LogP contribution in [0.1, 0.15) is 52.1 Å². The van der Waals surface area contributed by atoms with Crippen LogP contribution in [0.2, 0.25) is 0 Å². The molecule has 0 bridgehead atoms. The first kappa shape index (κ1) is 12.4. The third-order valence-electron chi connectivity index (χ3n) is 3.81. The Labute approximate surface area is 105 Å². The average Bonchev–Trinajstić information content (AvgIpc) is 2.32. The molecular formula is C15H24N2. The van der Waals surface area contributed by atoms with E-state index in [0.29, 0.717) is 12.0 Å². The molecule has 1 aliphatic heterocycles. The van der Waals surface area contributed by atoms with Gasteiger partial charge in [0.2, 0.25) is 0 Å². The van der Waals surface area contributed by atoms with E-state index in [1.165, 1.54) is 30.8 Å². The van der Waals surface area contributed by atoms with Crippen molar-refractivity contribution in [1.82, 2.24) is 4.98 Å². The molecule has 2 unspecified atom stereocenters. The molecule has 0 radical (unpaired) electrons. The highest BCUT2D eigenvalue weighted by Gasteiger charge is 2.23. The molecule has 1 aromatic rings. The zero-order chi connectivity index (χ0) is 12.4. The number of hydrogen-bond donors (Lipinski definition) is 0. The van der Waals surface area contributed by atoms with Crippen LogP contribution in [0.3, 0.4) is 0 Å². The highest BCUT2D eigenvalue weighted by atomic mass is 15.2. The zero-order valence-corrected chi connectivity index (χ0v) is 11.5. The van der Waals surface area contributed by atoms with Crippen molar-refractivity contribution in [2.45, 2.75) is 52.5 Å². The summed E-state index contributed by atoms with van der Waals surface area (Å²) in [6.45, 7) is 10.2. The molecule has 2 rings (SSSR count). The van der Waals surface area contributed by atoms with Crippen LogP contribution < -0.4 is 4.90 Å². The Morgan fingerprint density at radius 1 is 1.24 bits per heavy atom. The fourth-order valence-corrected chi connectivity index (χ4v) is 2.56. The largest absolute Gasteiger partial charge is 0.367 e. The Kier molecular flexibility index (Phi) is 3.70. The summed E-state index contributed by atoms with van der Waals surface area (Å²) < 4.78 is 0. The number of hydrogen-bond acceptors (Lipinski definition) is 2. The van der Waals surface area contributed by atoms with Gasteiger partial charge in [0.05, 0.1) is 11.9 Å². The number of aromatic nitrogens is 1. The van der Waals surface area contributed by atoms with Crippen molar-refractivity contribution in [1.29, 1.82) is 0 Å². The predicted octanol–water partition coefficient (Wildman–Crippen LogP) is 3.83. The lowest BCUT2D eigenvalue weighted by molar-refractivity contribution is 0.390. The van der Waals surface area contributed by atoms with Crippen LogP contribution in [0.25, 0.3) is 0 Å². The van der Waals surface area contributed by atoms with Crippen molar-refractivity contribution < 1.29 is 0 Å². The number of nitrogens with zero attached hydrogens (tertiary/aromatic N) is 2. The van der Waals surface area contributed by atoms with Gasteiger partial charge >= 0.3 is 0 Å². The van der Waals surface area contributed by atoms with Crippen molar-refractivity contribution in [2.24, 2.45) is 5.92 Å². The molecule has 0 aliphatic carbocycles. The molecule has 2 atom stereocenters. The lowest BCUT2D eigenvalue weighted by Gasteiger charge is -2.38. The van der Waals surface area contributed by atoms with Gasteiger partial charge in [0.1, 0.15) is 0 Å². The number of pyridine rings is 1. The predicted molar refractivity (Wildman–Crippen MR) is 73.5 cm³/mol. The molecule has 1 aromatic heterocycles. The molecule has 0 spiro atoms. The number of anilines is 1. The second kappa shape index (κ2) is 5.07. The van der Waals surface area contributed by atoms with Gasteiger partial charge in [-0.1, -0.05) is 20.8 Å². The summed E-state index contributed by atoms with van der Waals surface area (Å²) in [7, 11) is 0. The first-order valence-corrected chi connectivity index (χ1v) is 6.80. The second-order valence-corrected chi connectivity index (χ2v) is 5.78. The molecule has 0 amide bonds. The maximum absolute atomic E-state index is 4.57. The van der Waals surface area contributed by atoms with Crippen LogP contribution in [-0.2, 0) is 0 Å². The van der Waals surface area contributed by atoms with E-state index < -0.39 is 0 Å². The molecule has 0 N–H and O–H groups in total. The lowest BCUT2D eigenvalue weighted by Crippen LogP contribution is -2.41. The SMILES string of the molecule is CC1CCC(C)N(c2ccc(C(C)C)nc2)C1. The van der Waals surface area contributed by atoms with Gasteiger partial charge in [-0.05, 0) is 43.7 Å². The third kappa shape index (κ3) is 2.80. The van der Waals surface area contributed by atoms with Crippen molar-refractivity contribution in [3.05, 3.63) is 24.0 Å². The smallest absolute Gasteiger partial charge is 0.0555 e. The normalized spacial score (nSPS) is 25.4. The van der Waals surface area contributed by atoms with Gasteiger partial charge in [-0.2, -0.15) is 0 Å². The summed E-state index contributed by atoms with van der Waals surface area (Å²) in [6.07, 6.45) is 4.70. The number of piperidine rings is 1. The van der Waals surface area contributed by atoms with E-state index in [-0.39, 0.29) is 0 Å². The van der Waals surface area contributed by atoms with Crippen LogP contribution in [-0.4, -0.2) is 17.6 Å². The number of rotatable bonds is 2. The molecule has 1 aliphatic rings. The van der Waals surface area contributed by atoms with Crippen molar-refractivity contribution in [3.63, 3.8) is 0 Å². The van der Waals surface area contributed by atoms with E-state index in [4.69, 9.17) is 0 Å². The van der Waals surface area contributed by atoms with Gasteiger partial charge in [-0.3, -0.25) is 4.98 Å². The van der Waals surface area contributed by atoms with Gasteiger partial charge in [0, 0.05) is 18.3 Å². The van der Waals surface area contributed by atoms with Gasteiger partial charge in [0.25, 0.3) is 0 Å². The molecule has 1 saturated heterocycles. The maximum atomic E-state index is 4.57. The first-order valence-electron chi connectivity index (χ1n) is 6.80. The van der Waals surface area contributed by atoms with Crippen LogP contribution in [0.5, 0.6) is 0 Å². The molecule has 0 saturated carbocycles. The Bertz CT molecular complexity index is 356. The average molecular weight is 232 g/mol. The Balaban J connectivity index is 2.15. The maximum Gasteiger partial charge on any atom is 0.0555 e. The molecular weight excluding hydrogens is 208 g/mol. The van der Waals surface area contributed by atoms with Gasteiger partial charge in [0.15, 0.2) is 0 Å². The second-order valence-electron chi connectivity index (χ2n) is 5.78. The summed E-state index contributed by atoms with van der Waals surface area (Å²) in [4.78, 5) is 7.08. The Morgan fingerprint density at radius 3 is 2.59 bits per heavy atom. The van der Waals surface area contributed by atoms with Crippen molar-refractivity contribution in [2.75, 3.05) is 11.4 Å². The Morgan fingerprint density at radius 2 is 2.00 bits per heavy atom. The molecule has 2 heterocycles. The summed E-state index contributed by atoms with van der Waals surface area (Å²) in [5, 5.41) is 0. The lowest BCUT2D eigenvalue weighted by atomic mass is 9.94. The van der Waals surface area contributed by atoms with Gasteiger partial charge in [-0.25, -0.2) is 0 Å². The topological polar surface area (TPSA) is 16.1 Å². The summed E-state index contributed by atoms with van der Waals surface area (Å²) >= 11 is 0. The monoisotopic (exact) mass is 232 g/mol. The highest BCUT2D eigenvalue weighted by Crippen LogP contribution is 2.27. The van der Waals surface area contributed by atoms with E-state index in [9.17, 15) is 0 Å². The molecule has 0 aromatic carbocycles. The van der Waals surface area contributed by atoms with E-state index in [1.807, 2.05) is 6.20 Å². The fraction of sp³-hybridized carbons (Fsp3) is 0.667. The third-order valence-corrected chi connectivity index (χ3v) is 3.81. The first-order chi connectivity index (χ1) is 8.08. The molecule has 17 heavy (non-hydrogen) atoms. The van der Waals surface area contributed by atoms with Gasteiger partial charge < -0.3 is 4.90 Å². The standard InChI is InChI=1S/C15H24N2/c1-11(2)15-8-7-14(9-16-15)17-10-12(3)5-6-13(17)4/h7-9,11-13H,5-6,10H2,1-4H3. The highest BCUT2D eigenvalue weighted by molar-refractivity contribution is 5.46. The molecule has 94 valence electrons. The zero-order valence-electron chi connectivity index (χ0n) is 11.5. The van der Waals surface area contributed by atoms with Crippen LogP contribution in [0, 0.1) is 5.92 Å². The van der Waals surface area contributed by atoms with E-state index in [1.54, 1.807) is 0 Å². The van der Waals surface area contributed by atoms with E-state index in [0.717, 1.165) is 5.92 Å². The molecule has 1 fully saturated rings. The summed E-state index contributed by atoms with van der Waals surface area (Å²) in [5.74, 6) is 1.32. The van der Waals surface area contributed by atoms with Gasteiger partial charge in [-0.15, -0.1) is 0 Å². The van der Waals surface area contributed by atoms with E-state index >= 15 is 0 Å². The molecule has 2 nitrogen and oxygen atoms in total. The van der Waals surface area contributed by atoms with Crippen molar-refractivity contribution >= 4 is 5.69 Å². The molecule has 2 heteroatoms. The minimum absolute atomic E-state index is 0.516. The van der Waals surface area contributed by atoms with Crippen LogP contribution >= 0.6 is 0 Å². The van der Waals surface area contributed by atoms with E-state index in [2.05, 4.69) is 49.7 Å². The fourth-order valence-electron chi connectivity index (χ4n) is 2.56. The van der Waals surface area contributed by atoms with Crippen LogP contribution in [0.4, 0.5) is 5.69 Å². The van der Waals surface area contributed by atoms with Crippen LogP contribution in [0.15, 0.2) is 18.3 Å². The minimum Gasteiger partial charge on any atom is -0.367 e. The van der Waals surface area contributed by atoms with Crippen molar-refractivity contribution in [3.8, 4) is 0 Å². The minimum atomic E-state index is 0.516. The summed E-state index contributed by atoms with van der Waals surface area (Å²) in [6, 6.07) is 5.06. The Hall–Kier alpha value is -1.05. The quantitative estimate of drug-likeness (QED) is 0.770.